The van der Waals surface area contributed by atoms with Gasteiger partial charge in [0.1, 0.15) is 5.76 Å². The fraction of sp³-hybridized carbons (Fsp3) is 0.143. The molecule has 0 radical (unpaired) electrons. The van der Waals surface area contributed by atoms with E-state index in [0.717, 1.165) is 0 Å². The maximum absolute atomic E-state index is 11.8. The van der Waals surface area contributed by atoms with Crippen molar-refractivity contribution in [2.24, 2.45) is 0 Å². The molecule has 0 atom stereocenters. The van der Waals surface area contributed by atoms with E-state index >= 15 is 0 Å². The van der Waals surface area contributed by atoms with Crippen LogP contribution in [0.25, 0.3) is 0 Å². The lowest BCUT2D eigenvalue weighted by Crippen LogP contribution is -2.11. The Kier molecular flexibility index (Phi) is 3.66. The molecular weight excluding hydrogens is 246 g/mol. The Morgan fingerprint density at radius 1 is 1.26 bits per heavy atom. The Hall–Kier alpha value is -2.56. The zero-order valence-electron chi connectivity index (χ0n) is 10.3. The van der Waals surface area contributed by atoms with Crippen LogP contribution in [0.2, 0.25) is 0 Å². The van der Waals surface area contributed by atoms with Gasteiger partial charge in [0.15, 0.2) is 5.76 Å². The van der Waals surface area contributed by atoms with E-state index in [9.17, 15) is 9.59 Å². The van der Waals surface area contributed by atoms with Gasteiger partial charge in [-0.15, -0.1) is 0 Å². The Labute approximate surface area is 109 Å². The maximum Gasteiger partial charge on any atom is 0.307 e. The summed E-state index contributed by atoms with van der Waals surface area (Å²) in [5.74, 6) is -0.392. The number of rotatable bonds is 4. The van der Waals surface area contributed by atoms with Gasteiger partial charge >= 0.3 is 5.97 Å². The number of carbonyl (C=O) groups excluding carboxylic acids is 1. The smallest absolute Gasteiger partial charge is 0.307 e. The van der Waals surface area contributed by atoms with Crippen LogP contribution in [-0.4, -0.2) is 17.0 Å². The molecule has 0 saturated heterocycles. The van der Waals surface area contributed by atoms with Crippen LogP contribution in [0.5, 0.6) is 0 Å². The lowest BCUT2D eigenvalue weighted by molar-refractivity contribution is -0.136. The summed E-state index contributed by atoms with van der Waals surface area (Å²) in [6, 6.07) is 10.0. The molecule has 2 aromatic rings. The van der Waals surface area contributed by atoms with E-state index in [-0.39, 0.29) is 18.1 Å². The molecule has 2 rings (SSSR count). The normalized spacial score (nSPS) is 10.2. The van der Waals surface area contributed by atoms with Gasteiger partial charge in [-0.1, -0.05) is 12.1 Å². The summed E-state index contributed by atoms with van der Waals surface area (Å²) in [4.78, 5) is 22.5. The summed E-state index contributed by atoms with van der Waals surface area (Å²) in [5, 5.41) is 11.4. The number of anilines is 1. The number of furan rings is 1. The Bertz CT molecular complexity index is 615. The highest BCUT2D eigenvalue weighted by molar-refractivity contribution is 6.02. The van der Waals surface area contributed by atoms with E-state index in [0.29, 0.717) is 17.0 Å². The van der Waals surface area contributed by atoms with E-state index < -0.39 is 5.97 Å². The fourth-order valence-electron chi connectivity index (χ4n) is 1.68. The molecule has 0 unspecified atom stereocenters. The molecule has 1 aromatic heterocycles. The van der Waals surface area contributed by atoms with Crippen LogP contribution >= 0.6 is 0 Å². The maximum atomic E-state index is 11.8. The van der Waals surface area contributed by atoms with Crippen molar-refractivity contribution in [3.8, 4) is 0 Å². The molecule has 0 spiro atoms. The molecular formula is C14H13NO4. The lowest BCUT2D eigenvalue weighted by Gasteiger charge is -2.05. The van der Waals surface area contributed by atoms with Crippen molar-refractivity contribution >= 4 is 17.6 Å². The number of aryl methyl sites for hydroxylation is 1. The second kappa shape index (κ2) is 5.39. The van der Waals surface area contributed by atoms with E-state index in [2.05, 4.69) is 5.32 Å². The first-order chi connectivity index (χ1) is 9.04. The molecule has 5 nitrogen and oxygen atoms in total. The number of amides is 1. The van der Waals surface area contributed by atoms with Crippen LogP contribution < -0.4 is 5.32 Å². The molecule has 0 aliphatic heterocycles. The fourth-order valence-corrected chi connectivity index (χ4v) is 1.68. The van der Waals surface area contributed by atoms with E-state index in [1.165, 1.54) is 0 Å². The number of hydrogen-bond donors (Lipinski definition) is 2. The predicted octanol–water partition coefficient (Wildman–Crippen LogP) is 2.47. The molecule has 1 aromatic carbocycles. The Morgan fingerprint density at radius 2 is 2.05 bits per heavy atom. The molecule has 0 bridgehead atoms. The summed E-state index contributed by atoms with van der Waals surface area (Å²) < 4.78 is 5.21. The quantitative estimate of drug-likeness (QED) is 0.883. The zero-order valence-corrected chi connectivity index (χ0v) is 10.3. The molecule has 0 aliphatic carbocycles. The summed E-state index contributed by atoms with van der Waals surface area (Å²) in [7, 11) is 0. The van der Waals surface area contributed by atoms with Gasteiger partial charge in [-0.3, -0.25) is 9.59 Å². The summed E-state index contributed by atoms with van der Waals surface area (Å²) in [5.41, 5.74) is 1.17. The van der Waals surface area contributed by atoms with Gasteiger partial charge in [0.2, 0.25) is 0 Å². The SMILES string of the molecule is Cc1ccc(C(=O)Nc2cccc(CC(=O)O)c2)o1. The van der Waals surface area contributed by atoms with Crippen LogP contribution in [0, 0.1) is 6.92 Å². The van der Waals surface area contributed by atoms with Crippen molar-refractivity contribution in [3.63, 3.8) is 0 Å². The number of nitrogens with one attached hydrogen (secondary N) is 1. The highest BCUT2D eigenvalue weighted by atomic mass is 16.4. The van der Waals surface area contributed by atoms with Crippen LogP contribution in [0.15, 0.2) is 40.8 Å². The second-order valence-electron chi connectivity index (χ2n) is 4.14. The van der Waals surface area contributed by atoms with Gasteiger partial charge in [-0.05, 0) is 36.8 Å². The molecule has 0 fully saturated rings. The molecule has 0 saturated carbocycles. The van der Waals surface area contributed by atoms with Gasteiger partial charge < -0.3 is 14.8 Å². The predicted molar refractivity (Wildman–Crippen MR) is 69.2 cm³/mol. The van der Waals surface area contributed by atoms with Gasteiger partial charge in [-0.25, -0.2) is 0 Å². The highest BCUT2D eigenvalue weighted by Crippen LogP contribution is 2.14. The molecule has 1 amide bonds. The highest BCUT2D eigenvalue weighted by Gasteiger charge is 2.10. The minimum Gasteiger partial charge on any atom is -0.481 e. The van der Waals surface area contributed by atoms with Crippen LogP contribution in [-0.2, 0) is 11.2 Å². The van der Waals surface area contributed by atoms with Crippen molar-refractivity contribution in [2.75, 3.05) is 5.32 Å². The third kappa shape index (κ3) is 3.45. The number of aliphatic carboxylic acids is 1. The number of carbonyl (C=O) groups is 2. The first-order valence-electron chi connectivity index (χ1n) is 5.73. The molecule has 1 heterocycles. The number of benzene rings is 1. The molecule has 19 heavy (non-hydrogen) atoms. The molecule has 98 valence electrons. The van der Waals surface area contributed by atoms with Gasteiger partial charge in [0.05, 0.1) is 6.42 Å². The van der Waals surface area contributed by atoms with Crippen molar-refractivity contribution in [2.45, 2.75) is 13.3 Å². The summed E-state index contributed by atoms with van der Waals surface area (Å²) >= 11 is 0. The third-order valence-electron chi connectivity index (χ3n) is 2.50. The number of carboxylic acids is 1. The van der Waals surface area contributed by atoms with Crippen molar-refractivity contribution < 1.29 is 19.1 Å². The van der Waals surface area contributed by atoms with Crippen LogP contribution in [0.4, 0.5) is 5.69 Å². The Morgan fingerprint density at radius 3 is 2.68 bits per heavy atom. The number of carboxylic acid groups (broad SMARTS) is 1. The van der Waals surface area contributed by atoms with Gasteiger partial charge in [-0.2, -0.15) is 0 Å². The topological polar surface area (TPSA) is 79.5 Å². The average Bonchev–Trinajstić information content (AvgIpc) is 2.75. The largest absolute Gasteiger partial charge is 0.481 e. The van der Waals surface area contributed by atoms with E-state index in [1.54, 1.807) is 43.3 Å². The monoisotopic (exact) mass is 259 g/mol. The van der Waals surface area contributed by atoms with Crippen molar-refractivity contribution in [3.05, 3.63) is 53.5 Å². The molecule has 5 heteroatoms. The second-order valence-corrected chi connectivity index (χ2v) is 4.14. The molecule has 0 aliphatic rings. The summed E-state index contributed by atoms with van der Waals surface area (Å²) in [6.07, 6.45) is -0.0798. The molecule has 2 N–H and O–H groups in total. The van der Waals surface area contributed by atoms with Gasteiger partial charge in [0.25, 0.3) is 5.91 Å². The van der Waals surface area contributed by atoms with Crippen molar-refractivity contribution in [1.29, 1.82) is 0 Å². The third-order valence-corrected chi connectivity index (χ3v) is 2.50. The van der Waals surface area contributed by atoms with Crippen LogP contribution in [0.1, 0.15) is 21.9 Å². The minimum absolute atomic E-state index is 0.0798. The van der Waals surface area contributed by atoms with Gasteiger partial charge in [0, 0.05) is 5.69 Å². The minimum atomic E-state index is -0.912. The van der Waals surface area contributed by atoms with E-state index in [4.69, 9.17) is 9.52 Å². The summed E-state index contributed by atoms with van der Waals surface area (Å²) in [6.45, 7) is 1.75. The van der Waals surface area contributed by atoms with Crippen LogP contribution in [0.3, 0.4) is 0 Å². The standard InChI is InChI=1S/C14H13NO4/c1-9-5-6-12(19-9)14(18)15-11-4-2-3-10(7-11)8-13(16)17/h2-7H,8H2,1H3,(H,15,18)(H,16,17). The lowest BCUT2D eigenvalue weighted by atomic mass is 10.1. The average molecular weight is 259 g/mol. The Balaban J connectivity index is 2.10. The van der Waals surface area contributed by atoms with Crippen molar-refractivity contribution in [1.82, 2.24) is 0 Å². The first-order valence-corrected chi connectivity index (χ1v) is 5.73. The van der Waals surface area contributed by atoms with E-state index in [1.807, 2.05) is 0 Å². The zero-order chi connectivity index (χ0) is 13.8. The first kappa shape index (κ1) is 12.9. The number of hydrogen-bond acceptors (Lipinski definition) is 3.